The minimum Gasteiger partial charge on any atom is -0.396 e. The van der Waals surface area contributed by atoms with Gasteiger partial charge >= 0.3 is 0 Å². The molecule has 2 saturated heterocycles. The maximum Gasteiger partial charge on any atom is 0.227 e. The molecule has 0 unspecified atom stereocenters. The van der Waals surface area contributed by atoms with Crippen molar-refractivity contribution in [3.63, 3.8) is 0 Å². The third-order valence-corrected chi connectivity index (χ3v) is 4.90. The molecule has 0 spiro atoms. The number of amides is 2. The lowest BCUT2D eigenvalue weighted by molar-refractivity contribution is -0.132. The Kier molecular flexibility index (Phi) is 4.96. The Morgan fingerprint density at radius 2 is 1.83 bits per heavy atom. The SMILES string of the molecule is O=C(Cc1ccc(N2CCCC2=O)cc1)N1CCC(CO)CC1. The highest BCUT2D eigenvalue weighted by Gasteiger charge is 2.23. The summed E-state index contributed by atoms with van der Waals surface area (Å²) >= 11 is 0. The van der Waals surface area contributed by atoms with E-state index in [1.54, 1.807) is 0 Å². The molecule has 0 bridgehead atoms. The first-order valence-corrected chi connectivity index (χ1v) is 8.45. The van der Waals surface area contributed by atoms with Crippen molar-refractivity contribution in [2.75, 3.05) is 31.1 Å². The summed E-state index contributed by atoms with van der Waals surface area (Å²) in [4.78, 5) is 27.8. The fourth-order valence-corrected chi connectivity index (χ4v) is 3.37. The second kappa shape index (κ2) is 7.13. The van der Waals surface area contributed by atoms with E-state index in [4.69, 9.17) is 5.11 Å². The Labute approximate surface area is 136 Å². The van der Waals surface area contributed by atoms with Gasteiger partial charge in [0.1, 0.15) is 0 Å². The summed E-state index contributed by atoms with van der Waals surface area (Å²) in [6, 6.07) is 7.76. The molecule has 0 aromatic heterocycles. The average Bonchev–Trinajstić information content (AvgIpc) is 3.01. The van der Waals surface area contributed by atoms with Crippen LogP contribution >= 0.6 is 0 Å². The summed E-state index contributed by atoms with van der Waals surface area (Å²) in [5.41, 5.74) is 1.90. The first kappa shape index (κ1) is 16.0. The van der Waals surface area contributed by atoms with Gasteiger partial charge in [-0.25, -0.2) is 0 Å². The average molecular weight is 316 g/mol. The van der Waals surface area contributed by atoms with E-state index in [9.17, 15) is 9.59 Å². The van der Waals surface area contributed by atoms with Gasteiger partial charge in [-0.15, -0.1) is 0 Å². The maximum atomic E-state index is 12.4. The van der Waals surface area contributed by atoms with Gasteiger partial charge in [-0.3, -0.25) is 9.59 Å². The number of anilines is 1. The highest BCUT2D eigenvalue weighted by atomic mass is 16.3. The monoisotopic (exact) mass is 316 g/mol. The normalized spacial score (nSPS) is 19.4. The topological polar surface area (TPSA) is 60.9 Å². The van der Waals surface area contributed by atoms with Crippen LogP contribution in [0.2, 0.25) is 0 Å². The number of benzene rings is 1. The molecule has 5 nitrogen and oxygen atoms in total. The van der Waals surface area contributed by atoms with Gasteiger partial charge in [0.15, 0.2) is 0 Å². The zero-order valence-electron chi connectivity index (χ0n) is 13.4. The summed E-state index contributed by atoms with van der Waals surface area (Å²) in [6.07, 6.45) is 3.72. The van der Waals surface area contributed by atoms with Gasteiger partial charge in [0.25, 0.3) is 0 Å². The van der Waals surface area contributed by atoms with E-state index >= 15 is 0 Å². The molecule has 2 aliphatic heterocycles. The van der Waals surface area contributed by atoms with E-state index in [0.29, 0.717) is 18.8 Å². The molecule has 0 aliphatic carbocycles. The third-order valence-electron chi connectivity index (χ3n) is 4.90. The fourth-order valence-electron chi connectivity index (χ4n) is 3.37. The summed E-state index contributed by atoms with van der Waals surface area (Å²) in [5.74, 6) is 0.670. The lowest BCUT2D eigenvalue weighted by Gasteiger charge is -2.31. The predicted octanol–water partition coefficient (Wildman–Crippen LogP) is 1.59. The molecule has 2 heterocycles. The van der Waals surface area contributed by atoms with Crippen molar-refractivity contribution in [2.24, 2.45) is 5.92 Å². The summed E-state index contributed by atoms with van der Waals surface area (Å²) < 4.78 is 0. The molecular formula is C18H24N2O3. The van der Waals surface area contributed by atoms with Crippen molar-refractivity contribution in [3.05, 3.63) is 29.8 Å². The van der Waals surface area contributed by atoms with Crippen molar-refractivity contribution < 1.29 is 14.7 Å². The molecule has 23 heavy (non-hydrogen) atoms. The predicted molar refractivity (Wildman–Crippen MR) is 88.1 cm³/mol. The highest BCUT2D eigenvalue weighted by Crippen LogP contribution is 2.22. The van der Waals surface area contributed by atoms with Gasteiger partial charge < -0.3 is 14.9 Å². The molecule has 2 fully saturated rings. The van der Waals surface area contributed by atoms with Crippen molar-refractivity contribution in [1.82, 2.24) is 4.90 Å². The number of carbonyl (C=O) groups is 2. The van der Waals surface area contributed by atoms with Crippen molar-refractivity contribution in [2.45, 2.75) is 32.1 Å². The molecule has 1 aromatic rings. The molecule has 1 aromatic carbocycles. The van der Waals surface area contributed by atoms with Gasteiger partial charge in [0.05, 0.1) is 6.42 Å². The smallest absolute Gasteiger partial charge is 0.227 e. The molecule has 124 valence electrons. The molecule has 1 N–H and O–H groups in total. The number of hydrogen-bond acceptors (Lipinski definition) is 3. The number of hydrogen-bond donors (Lipinski definition) is 1. The van der Waals surface area contributed by atoms with Crippen LogP contribution in [0.4, 0.5) is 5.69 Å². The van der Waals surface area contributed by atoms with Gasteiger partial charge in [-0.05, 0) is 42.9 Å². The first-order chi connectivity index (χ1) is 11.2. The van der Waals surface area contributed by atoms with E-state index in [1.165, 1.54) is 0 Å². The summed E-state index contributed by atoms with van der Waals surface area (Å²) in [5, 5.41) is 9.15. The lowest BCUT2D eigenvalue weighted by atomic mass is 9.97. The van der Waals surface area contributed by atoms with Crippen LogP contribution in [0.3, 0.4) is 0 Å². The lowest BCUT2D eigenvalue weighted by Crippen LogP contribution is -2.40. The van der Waals surface area contributed by atoms with Gasteiger partial charge in [-0.2, -0.15) is 0 Å². The number of piperidine rings is 1. The number of rotatable bonds is 4. The maximum absolute atomic E-state index is 12.4. The molecule has 2 aliphatic rings. The number of aliphatic hydroxyl groups is 1. The standard InChI is InChI=1S/C18H24N2O3/c21-13-15-7-10-19(11-8-15)18(23)12-14-3-5-16(6-4-14)20-9-1-2-17(20)22/h3-6,15,21H,1-2,7-13H2. The highest BCUT2D eigenvalue weighted by molar-refractivity contribution is 5.95. The molecule has 3 rings (SSSR count). The van der Waals surface area contributed by atoms with Crippen LogP contribution in [0.15, 0.2) is 24.3 Å². The Morgan fingerprint density at radius 3 is 2.39 bits per heavy atom. The molecule has 0 radical (unpaired) electrons. The molecule has 0 saturated carbocycles. The van der Waals surface area contributed by atoms with Crippen LogP contribution in [0.25, 0.3) is 0 Å². The largest absolute Gasteiger partial charge is 0.396 e. The number of carbonyl (C=O) groups excluding carboxylic acids is 2. The van der Waals surface area contributed by atoms with E-state index in [2.05, 4.69) is 0 Å². The Morgan fingerprint density at radius 1 is 1.13 bits per heavy atom. The van der Waals surface area contributed by atoms with E-state index in [-0.39, 0.29) is 18.4 Å². The second-order valence-corrected chi connectivity index (χ2v) is 6.50. The van der Waals surface area contributed by atoms with Crippen molar-refractivity contribution in [3.8, 4) is 0 Å². The van der Waals surface area contributed by atoms with Crippen LogP contribution in [0, 0.1) is 5.92 Å². The van der Waals surface area contributed by atoms with Crippen LogP contribution in [-0.4, -0.2) is 48.1 Å². The minimum absolute atomic E-state index is 0.145. The summed E-state index contributed by atoms with van der Waals surface area (Å²) in [7, 11) is 0. The van der Waals surface area contributed by atoms with Crippen LogP contribution < -0.4 is 4.90 Å². The van der Waals surface area contributed by atoms with Gasteiger partial charge in [0.2, 0.25) is 11.8 Å². The van der Waals surface area contributed by atoms with Gasteiger partial charge in [0, 0.05) is 38.3 Å². The third kappa shape index (κ3) is 3.72. The Hall–Kier alpha value is -1.88. The zero-order valence-corrected chi connectivity index (χ0v) is 13.4. The molecular weight excluding hydrogens is 292 g/mol. The Balaban J connectivity index is 1.56. The van der Waals surface area contributed by atoms with Crippen molar-refractivity contribution >= 4 is 17.5 Å². The minimum atomic E-state index is 0.145. The van der Waals surface area contributed by atoms with Gasteiger partial charge in [-0.1, -0.05) is 12.1 Å². The van der Waals surface area contributed by atoms with Crippen LogP contribution in [0.5, 0.6) is 0 Å². The quantitative estimate of drug-likeness (QED) is 0.917. The molecule has 2 amide bonds. The van der Waals surface area contributed by atoms with Crippen LogP contribution in [0.1, 0.15) is 31.2 Å². The number of likely N-dealkylation sites (tertiary alicyclic amines) is 1. The van der Waals surface area contributed by atoms with E-state index in [1.807, 2.05) is 34.1 Å². The fraction of sp³-hybridized carbons (Fsp3) is 0.556. The Bertz CT molecular complexity index is 562. The van der Waals surface area contributed by atoms with E-state index < -0.39 is 0 Å². The van der Waals surface area contributed by atoms with E-state index in [0.717, 1.165) is 50.1 Å². The number of nitrogens with zero attached hydrogens (tertiary/aromatic N) is 2. The number of aliphatic hydroxyl groups excluding tert-OH is 1. The first-order valence-electron chi connectivity index (χ1n) is 8.45. The van der Waals surface area contributed by atoms with Crippen molar-refractivity contribution in [1.29, 1.82) is 0 Å². The van der Waals surface area contributed by atoms with Crippen LogP contribution in [-0.2, 0) is 16.0 Å². The second-order valence-electron chi connectivity index (χ2n) is 6.50. The molecule has 0 atom stereocenters. The summed E-state index contributed by atoms with van der Waals surface area (Å²) in [6.45, 7) is 2.49. The molecule has 5 heteroatoms. The zero-order chi connectivity index (χ0) is 16.2.